The van der Waals surface area contributed by atoms with Crippen molar-refractivity contribution in [2.45, 2.75) is 0 Å². The fraction of sp³-hybridized carbons (Fsp3) is 0.154. The fourth-order valence-electron chi connectivity index (χ4n) is 1.59. The molecule has 0 saturated heterocycles. The largest absolute Gasteiger partial charge is 0.496 e. The van der Waals surface area contributed by atoms with Crippen LogP contribution in [0.5, 0.6) is 5.75 Å². The van der Waals surface area contributed by atoms with Gasteiger partial charge in [-0.25, -0.2) is 0 Å². The average Bonchev–Trinajstić information content (AvgIpc) is 2.42. The zero-order valence-electron chi connectivity index (χ0n) is 10.6. The van der Waals surface area contributed by atoms with E-state index in [9.17, 15) is 9.59 Å². The lowest BCUT2D eigenvalue weighted by molar-refractivity contribution is 0.102. The second-order valence-corrected chi connectivity index (χ2v) is 3.89. The number of anilines is 1. The third-order valence-corrected chi connectivity index (χ3v) is 2.59. The minimum atomic E-state index is -0.348. The summed E-state index contributed by atoms with van der Waals surface area (Å²) in [6.07, 6.45) is 4.60. The van der Waals surface area contributed by atoms with Gasteiger partial charge in [-0.2, -0.15) is 0 Å². The number of pyridine rings is 2. The summed E-state index contributed by atoms with van der Waals surface area (Å²) < 4.78 is 6.38. The van der Waals surface area contributed by atoms with Crippen molar-refractivity contribution < 1.29 is 9.53 Å². The van der Waals surface area contributed by atoms with Gasteiger partial charge in [0.05, 0.1) is 12.7 Å². The van der Waals surface area contributed by atoms with Crippen LogP contribution in [0.3, 0.4) is 0 Å². The van der Waals surface area contributed by atoms with Crippen LogP contribution in [0, 0.1) is 0 Å². The molecule has 0 saturated carbocycles. The molecule has 6 nitrogen and oxygen atoms in total. The first-order chi connectivity index (χ1) is 9.11. The number of aryl methyl sites for hydroxylation is 1. The lowest BCUT2D eigenvalue weighted by Gasteiger charge is -2.10. The van der Waals surface area contributed by atoms with E-state index >= 15 is 0 Å². The van der Waals surface area contributed by atoms with Gasteiger partial charge in [0.25, 0.3) is 11.5 Å². The first-order valence-electron chi connectivity index (χ1n) is 5.58. The van der Waals surface area contributed by atoms with Crippen molar-refractivity contribution in [3.05, 3.63) is 52.7 Å². The number of amides is 1. The van der Waals surface area contributed by atoms with Crippen LogP contribution in [0.1, 0.15) is 10.4 Å². The highest BCUT2D eigenvalue weighted by Gasteiger charge is 2.14. The van der Waals surface area contributed by atoms with Gasteiger partial charge in [-0.1, -0.05) is 0 Å². The maximum atomic E-state index is 12.1. The van der Waals surface area contributed by atoms with Crippen LogP contribution < -0.4 is 15.6 Å². The predicted molar refractivity (Wildman–Crippen MR) is 70.4 cm³/mol. The first kappa shape index (κ1) is 12.8. The van der Waals surface area contributed by atoms with Crippen molar-refractivity contribution in [3.8, 4) is 5.75 Å². The molecule has 0 aliphatic carbocycles. The smallest absolute Gasteiger partial charge is 0.260 e. The number of carbonyl (C=O) groups excluding carboxylic acids is 1. The molecule has 0 bridgehead atoms. The number of hydrogen-bond donors (Lipinski definition) is 1. The molecule has 0 atom stereocenters. The highest BCUT2D eigenvalue weighted by atomic mass is 16.5. The minimum Gasteiger partial charge on any atom is -0.496 e. The normalized spacial score (nSPS) is 10.0. The van der Waals surface area contributed by atoms with E-state index in [0.29, 0.717) is 11.3 Å². The maximum absolute atomic E-state index is 12.1. The molecule has 2 aromatic rings. The number of nitrogens with zero attached hydrogens (tertiary/aromatic N) is 2. The molecule has 6 heteroatoms. The molecule has 0 spiro atoms. The molecule has 98 valence electrons. The molecule has 1 amide bonds. The number of carbonyl (C=O) groups is 1. The second kappa shape index (κ2) is 5.34. The number of hydrogen-bond acceptors (Lipinski definition) is 4. The van der Waals surface area contributed by atoms with E-state index in [0.717, 1.165) is 0 Å². The molecular formula is C13H13N3O3. The summed E-state index contributed by atoms with van der Waals surface area (Å²) in [6, 6.07) is 4.63. The Balaban J connectivity index is 2.34. The summed E-state index contributed by atoms with van der Waals surface area (Å²) in [6.45, 7) is 0. The molecule has 19 heavy (non-hydrogen) atoms. The lowest BCUT2D eigenvalue weighted by Crippen LogP contribution is -2.21. The van der Waals surface area contributed by atoms with E-state index < -0.39 is 0 Å². The van der Waals surface area contributed by atoms with E-state index in [1.807, 2.05) is 0 Å². The Morgan fingerprint density at radius 1 is 1.37 bits per heavy atom. The summed E-state index contributed by atoms with van der Waals surface area (Å²) in [5.74, 6) is -0.103. The molecule has 0 aromatic carbocycles. The standard InChI is InChI=1S/C13H13N3O3/c1-16-8-10(11(19-2)7-12(16)17)13(18)15-9-3-5-14-6-4-9/h3-8H,1-2H3,(H,14,15,18). The fourth-order valence-corrected chi connectivity index (χ4v) is 1.59. The van der Waals surface area contributed by atoms with Crippen LogP contribution in [0.4, 0.5) is 5.69 Å². The SMILES string of the molecule is COc1cc(=O)n(C)cc1C(=O)Nc1ccncc1. The Morgan fingerprint density at radius 2 is 2.05 bits per heavy atom. The summed E-state index contributed by atoms with van der Waals surface area (Å²) in [5.41, 5.74) is 0.676. The van der Waals surface area contributed by atoms with Gasteiger partial charge in [0.15, 0.2) is 0 Å². The van der Waals surface area contributed by atoms with Gasteiger partial charge in [0.2, 0.25) is 0 Å². The minimum absolute atomic E-state index is 0.239. The molecule has 2 rings (SSSR count). The van der Waals surface area contributed by atoms with Gasteiger partial charge in [0, 0.05) is 37.4 Å². The number of aromatic nitrogens is 2. The average molecular weight is 259 g/mol. The van der Waals surface area contributed by atoms with Crippen LogP contribution in [0.15, 0.2) is 41.6 Å². The molecule has 0 aliphatic heterocycles. The van der Waals surface area contributed by atoms with Crippen molar-refractivity contribution >= 4 is 11.6 Å². The molecule has 2 heterocycles. The Kier molecular flexibility index (Phi) is 3.61. The van der Waals surface area contributed by atoms with Gasteiger partial charge < -0.3 is 14.6 Å². The Labute approximate surface area is 109 Å². The Bertz CT molecular complexity index is 650. The van der Waals surface area contributed by atoms with Gasteiger partial charge in [-0.15, -0.1) is 0 Å². The van der Waals surface area contributed by atoms with E-state index in [4.69, 9.17) is 4.74 Å². The Morgan fingerprint density at radius 3 is 2.68 bits per heavy atom. The second-order valence-electron chi connectivity index (χ2n) is 3.89. The van der Waals surface area contributed by atoms with Crippen molar-refractivity contribution in [2.75, 3.05) is 12.4 Å². The van der Waals surface area contributed by atoms with Crippen LogP contribution in [-0.4, -0.2) is 22.6 Å². The van der Waals surface area contributed by atoms with Crippen LogP contribution >= 0.6 is 0 Å². The molecule has 0 unspecified atom stereocenters. The third-order valence-electron chi connectivity index (χ3n) is 2.59. The molecule has 0 radical (unpaired) electrons. The van der Waals surface area contributed by atoms with Crippen LogP contribution in [0.2, 0.25) is 0 Å². The van der Waals surface area contributed by atoms with Gasteiger partial charge in [-0.05, 0) is 12.1 Å². The Hall–Kier alpha value is -2.63. The van der Waals surface area contributed by atoms with E-state index in [2.05, 4.69) is 10.3 Å². The molecule has 0 fully saturated rings. The molecule has 2 aromatic heterocycles. The predicted octanol–water partition coefficient (Wildman–Crippen LogP) is 1.04. The van der Waals surface area contributed by atoms with Crippen molar-refractivity contribution in [2.24, 2.45) is 7.05 Å². The van der Waals surface area contributed by atoms with Crippen molar-refractivity contribution in [1.29, 1.82) is 0 Å². The van der Waals surface area contributed by atoms with Crippen molar-refractivity contribution in [1.82, 2.24) is 9.55 Å². The molecule has 0 aliphatic rings. The number of ether oxygens (including phenoxy) is 1. The lowest BCUT2D eigenvalue weighted by atomic mass is 10.2. The summed E-state index contributed by atoms with van der Waals surface area (Å²) in [7, 11) is 2.99. The summed E-state index contributed by atoms with van der Waals surface area (Å²) >= 11 is 0. The number of methoxy groups -OCH3 is 1. The third kappa shape index (κ3) is 2.79. The van der Waals surface area contributed by atoms with Gasteiger partial charge in [-0.3, -0.25) is 14.6 Å². The quantitative estimate of drug-likeness (QED) is 0.893. The highest BCUT2D eigenvalue weighted by molar-refractivity contribution is 6.05. The number of rotatable bonds is 3. The van der Waals surface area contributed by atoms with E-state index in [1.165, 1.54) is 23.9 Å². The molecular weight excluding hydrogens is 246 g/mol. The monoisotopic (exact) mass is 259 g/mol. The topological polar surface area (TPSA) is 73.2 Å². The maximum Gasteiger partial charge on any atom is 0.260 e. The molecule has 1 N–H and O–H groups in total. The van der Waals surface area contributed by atoms with Crippen LogP contribution in [0.25, 0.3) is 0 Å². The van der Waals surface area contributed by atoms with E-state index in [1.54, 1.807) is 31.6 Å². The zero-order chi connectivity index (χ0) is 13.8. The number of nitrogens with one attached hydrogen (secondary N) is 1. The first-order valence-corrected chi connectivity index (χ1v) is 5.58. The summed E-state index contributed by atoms with van der Waals surface area (Å²) in [4.78, 5) is 27.5. The van der Waals surface area contributed by atoms with Crippen LogP contribution in [-0.2, 0) is 7.05 Å². The van der Waals surface area contributed by atoms with Crippen molar-refractivity contribution in [3.63, 3.8) is 0 Å². The zero-order valence-corrected chi connectivity index (χ0v) is 10.6. The van der Waals surface area contributed by atoms with Gasteiger partial charge in [0.1, 0.15) is 5.75 Å². The summed E-state index contributed by atoms with van der Waals surface area (Å²) in [5, 5.41) is 2.71. The highest BCUT2D eigenvalue weighted by Crippen LogP contribution is 2.16. The van der Waals surface area contributed by atoms with Gasteiger partial charge >= 0.3 is 0 Å². The van der Waals surface area contributed by atoms with E-state index in [-0.39, 0.29) is 17.2 Å².